The molecule has 23 heavy (non-hydrogen) atoms. The molecule has 2 aromatic rings. The van der Waals surface area contributed by atoms with Gasteiger partial charge in [0, 0.05) is 17.3 Å². The third-order valence-electron chi connectivity index (χ3n) is 4.07. The lowest BCUT2D eigenvalue weighted by molar-refractivity contribution is 0.519. The summed E-state index contributed by atoms with van der Waals surface area (Å²) in [4.78, 5) is 9.01. The van der Waals surface area contributed by atoms with Gasteiger partial charge in [-0.3, -0.25) is 9.98 Å². The first-order chi connectivity index (χ1) is 10.8. The number of nitrogens with zero attached hydrogens (tertiary/aromatic N) is 2. The van der Waals surface area contributed by atoms with Crippen molar-refractivity contribution in [3.8, 4) is 0 Å². The third-order valence-corrected chi connectivity index (χ3v) is 4.07. The van der Waals surface area contributed by atoms with Gasteiger partial charge in [0.25, 0.3) is 0 Å². The Balaban J connectivity index is 2.09. The molecule has 4 nitrogen and oxygen atoms in total. The van der Waals surface area contributed by atoms with E-state index in [0.717, 1.165) is 11.4 Å². The van der Waals surface area contributed by atoms with Crippen LogP contribution in [0.2, 0.25) is 0 Å². The van der Waals surface area contributed by atoms with Crippen LogP contribution in [0.4, 0.5) is 5.69 Å². The van der Waals surface area contributed by atoms with Crippen molar-refractivity contribution < 1.29 is 0 Å². The van der Waals surface area contributed by atoms with Crippen LogP contribution in [-0.2, 0) is 5.41 Å². The van der Waals surface area contributed by atoms with Crippen molar-refractivity contribution in [1.29, 1.82) is 0 Å². The van der Waals surface area contributed by atoms with Gasteiger partial charge in [-0.25, -0.2) is 0 Å². The molecule has 2 rings (SSSR count). The van der Waals surface area contributed by atoms with Gasteiger partial charge < -0.3 is 11.1 Å². The maximum absolute atomic E-state index is 6.04. The zero-order valence-electron chi connectivity index (χ0n) is 14.6. The first-order valence-corrected chi connectivity index (χ1v) is 7.86. The van der Waals surface area contributed by atoms with Gasteiger partial charge in [0.05, 0.1) is 12.2 Å². The van der Waals surface area contributed by atoms with Crippen LogP contribution in [0.5, 0.6) is 0 Å². The van der Waals surface area contributed by atoms with Crippen LogP contribution >= 0.6 is 0 Å². The van der Waals surface area contributed by atoms with Crippen LogP contribution in [0.1, 0.15) is 36.2 Å². The molecule has 0 bridgehead atoms. The molecule has 0 saturated carbocycles. The molecule has 0 spiro atoms. The summed E-state index contributed by atoms with van der Waals surface area (Å²) in [6.45, 7) is 11.1. The van der Waals surface area contributed by atoms with Gasteiger partial charge in [-0.15, -0.1) is 0 Å². The highest BCUT2D eigenvalue weighted by atomic mass is 15.1. The van der Waals surface area contributed by atoms with Gasteiger partial charge in [0.1, 0.15) is 0 Å². The molecule has 1 aromatic carbocycles. The number of benzene rings is 1. The van der Waals surface area contributed by atoms with Crippen molar-refractivity contribution in [3.05, 3.63) is 58.9 Å². The van der Waals surface area contributed by atoms with Gasteiger partial charge in [-0.2, -0.15) is 0 Å². The van der Waals surface area contributed by atoms with Crippen molar-refractivity contribution in [1.82, 2.24) is 4.98 Å². The molecule has 122 valence electrons. The number of guanidine groups is 1. The highest BCUT2D eigenvalue weighted by Gasteiger charge is 2.23. The van der Waals surface area contributed by atoms with E-state index in [9.17, 15) is 0 Å². The standard InChI is InChI=1S/C19H26N4/c1-13-8-9-16(11-15(13)3)23-18(20)22-12-19(4,5)17-14(2)7-6-10-21-17/h6-11H,12H2,1-5H3,(H3,20,22,23). The monoisotopic (exact) mass is 310 g/mol. The predicted octanol–water partition coefficient (Wildman–Crippen LogP) is 3.71. The van der Waals surface area contributed by atoms with E-state index in [1.807, 2.05) is 18.3 Å². The van der Waals surface area contributed by atoms with Crippen molar-refractivity contribution in [2.24, 2.45) is 10.7 Å². The number of aromatic nitrogens is 1. The molecule has 3 N–H and O–H groups in total. The Morgan fingerprint density at radius 1 is 1.13 bits per heavy atom. The Hall–Kier alpha value is -2.36. The summed E-state index contributed by atoms with van der Waals surface area (Å²) >= 11 is 0. The van der Waals surface area contributed by atoms with Crippen LogP contribution in [0, 0.1) is 20.8 Å². The average Bonchev–Trinajstić information content (AvgIpc) is 2.49. The smallest absolute Gasteiger partial charge is 0.193 e. The number of rotatable bonds is 4. The summed E-state index contributed by atoms with van der Waals surface area (Å²) in [5.41, 5.74) is 11.6. The van der Waals surface area contributed by atoms with Crippen LogP contribution < -0.4 is 11.1 Å². The zero-order chi connectivity index (χ0) is 17.0. The van der Waals surface area contributed by atoms with Crippen molar-refractivity contribution in [2.75, 3.05) is 11.9 Å². The van der Waals surface area contributed by atoms with Crippen LogP contribution in [0.25, 0.3) is 0 Å². The molecular formula is C19H26N4. The Labute approximate surface area is 138 Å². The summed E-state index contributed by atoms with van der Waals surface area (Å²) in [6.07, 6.45) is 1.82. The van der Waals surface area contributed by atoms with E-state index in [4.69, 9.17) is 5.73 Å². The molecule has 0 amide bonds. The number of hydrogen-bond donors (Lipinski definition) is 2. The van der Waals surface area contributed by atoms with Crippen LogP contribution in [-0.4, -0.2) is 17.5 Å². The highest BCUT2D eigenvalue weighted by molar-refractivity contribution is 5.92. The number of nitrogens with one attached hydrogen (secondary N) is 1. The van der Waals surface area contributed by atoms with Crippen molar-refractivity contribution >= 4 is 11.6 Å². The Bertz CT molecular complexity index is 717. The van der Waals surface area contributed by atoms with E-state index in [1.54, 1.807) is 0 Å². The molecule has 4 heteroatoms. The van der Waals surface area contributed by atoms with Gasteiger partial charge in [-0.05, 0) is 55.7 Å². The molecule has 0 aliphatic rings. The molecule has 0 unspecified atom stereocenters. The van der Waals surface area contributed by atoms with E-state index in [-0.39, 0.29) is 5.41 Å². The zero-order valence-corrected chi connectivity index (χ0v) is 14.6. The van der Waals surface area contributed by atoms with Crippen molar-refractivity contribution in [3.63, 3.8) is 0 Å². The summed E-state index contributed by atoms with van der Waals surface area (Å²) in [7, 11) is 0. The maximum atomic E-state index is 6.04. The lowest BCUT2D eigenvalue weighted by Crippen LogP contribution is -2.29. The second-order valence-electron chi connectivity index (χ2n) is 6.68. The molecule has 1 aromatic heterocycles. The molecule has 1 heterocycles. The van der Waals surface area contributed by atoms with E-state index in [2.05, 4.69) is 68.1 Å². The molecule has 0 aliphatic carbocycles. The molecular weight excluding hydrogens is 284 g/mol. The summed E-state index contributed by atoms with van der Waals surface area (Å²) in [5.74, 6) is 0.426. The quantitative estimate of drug-likeness (QED) is 0.668. The molecule has 0 atom stereocenters. The summed E-state index contributed by atoms with van der Waals surface area (Å²) < 4.78 is 0. The van der Waals surface area contributed by atoms with Crippen LogP contribution in [0.15, 0.2) is 41.5 Å². The minimum Gasteiger partial charge on any atom is -0.370 e. The number of pyridine rings is 1. The number of aryl methyl sites for hydroxylation is 3. The fourth-order valence-electron chi connectivity index (χ4n) is 2.56. The molecule has 0 saturated heterocycles. The Morgan fingerprint density at radius 2 is 1.87 bits per heavy atom. The predicted molar refractivity (Wildman–Crippen MR) is 98.0 cm³/mol. The fraction of sp³-hybridized carbons (Fsp3) is 0.368. The van der Waals surface area contributed by atoms with E-state index in [1.165, 1.54) is 16.7 Å². The molecule has 0 fully saturated rings. The lowest BCUT2D eigenvalue weighted by Gasteiger charge is -2.23. The first kappa shape index (κ1) is 17.0. The molecule has 0 aliphatic heterocycles. The molecule has 0 radical (unpaired) electrons. The number of anilines is 1. The number of aliphatic imine (C=N–C) groups is 1. The second-order valence-corrected chi connectivity index (χ2v) is 6.68. The summed E-state index contributed by atoms with van der Waals surface area (Å²) in [5, 5.41) is 3.16. The van der Waals surface area contributed by atoms with Crippen LogP contribution in [0.3, 0.4) is 0 Å². The Kier molecular flexibility index (Phi) is 5.04. The van der Waals surface area contributed by atoms with E-state index < -0.39 is 0 Å². The van der Waals surface area contributed by atoms with E-state index in [0.29, 0.717) is 12.5 Å². The minimum absolute atomic E-state index is 0.166. The summed E-state index contributed by atoms with van der Waals surface area (Å²) in [6, 6.07) is 10.2. The number of hydrogen-bond acceptors (Lipinski definition) is 2. The van der Waals surface area contributed by atoms with Gasteiger partial charge in [-0.1, -0.05) is 26.0 Å². The van der Waals surface area contributed by atoms with Crippen molar-refractivity contribution in [2.45, 2.75) is 40.0 Å². The SMILES string of the molecule is Cc1ccc(NC(N)=NCC(C)(C)c2ncccc2C)cc1C. The lowest BCUT2D eigenvalue weighted by atomic mass is 9.86. The minimum atomic E-state index is -0.166. The average molecular weight is 310 g/mol. The van der Waals surface area contributed by atoms with Gasteiger partial charge >= 0.3 is 0 Å². The Morgan fingerprint density at radius 3 is 2.52 bits per heavy atom. The normalized spacial score (nSPS) is 12.3. The largest absolute Gasteiger partial charge is 0.370 e. The van der Waals surface area contributed by atoms with Gasteiger partial charge in [0.2, 0.25) is 0 Å². The fourth-order valence-corrected chi connectivity index (χ4v) is 2.56. The number of nitrogens with two attached hydrogens (primary N) is 1. The first-order valence-electron chi connectivity index (χ1n) is 7.86. The maximum Gasteiger partial charge on any atom is 0.193 e. The van der Waals surface area contributed by atoms with E-state index >= 15 is 0 Å². The third kappa shape index (κ3) is 4.31. The van der Waals surface area contributed by atoms with Gasteiger partial charge in [0.15, 0.2) is 5.96 Å². The second kappa shape index (κ2) is 6.82. The topological polar surface area (TPSA) is 63.3 Å². The highest BCUT2D eigenvalue weighted by Crippen LogP contribution is 2.24.